The fourth-order valence-corrected chi connectivity index (χ4v) is 3.65. The van der Waals surface area contributed by atoms with E-state index in [4.69, 9.17) is 28.5 Å². The molecule has 28 heavy (non-hydrogen) atoms. The normalized spacial score (nSPS) is 34.4. The first kappa shape index (κ1) is 21.0. The lowest BCUT2D eigenvalue weighted by atomic mass is 9.94. The molecule has 2 fully saturated rings. The highest BCUT2D eigenvalue weighted by Gasteiger charge is 2.54. The molecule has 10 nitrogen and oxygen atoms in total. The minimum Gasteiger partial charge on any atom is -0.466 e. The van der Waals surface area contributed by atoms with Gasteiger partial charge in [-0.15, -0.1) is 0 Å². The summed E-state index contributed by atoms with van der Waals surface area (Å²) in [5, 5.41) is 6.87. The van der Waals surface area contributed by atoms with Crippen molar-refractivity contribution in [3.05, 3.63) is 0 Å². The van der Waals surface area contributed by atoms with Crippen molar-refractivity contribution < 1.29 is 38.1 Å². The summed E-state index contributed by atoms with van der Waals surface area (Å²) >= 11 is 0. The number of methoxy groups -OCH3 is 1. The number of carbonyl (C=O) groups is 2. The zero-order valence-corrected chi connectivity index (χ0v) is 17.0. The van der Waals surface area contributed by atoms with Crippen LogP contribution in [0, 0.1) is 0 Å². The summed E-state index contributed by atoms with van der Waals surface area (Å²) in [5.41, 5.74) is 0.472. The van der Waals surface area contributed by atoms with Gasteiger partial charge in [-0.3, -0.25) is 4.79 Å². The van der Waals surface area contributed by atoms with Gasteiger partial charge in [-0.25, -0.2) is 4.79 Å². The third kappa shape index (κ3) is 4.45. The van der Waals surface area contributed by atoms with E-state index in [9.17, 15) is 9.59 Å². The molecule has 10 heteroatoms. The zero-order valence-electron chi connectivity index (χ0n) is 17.0. The summed E-state index contributed by atoms with van der Waals surface area (Å²) in [5.74, 6) is -2.44. The summed E-state index contributed by atoms with van der Waals surface area (Å²) < 4.78 is 28.6. The van der Waals surface area contributed by atoms with Gasteiger partial charge >= 0.3 is 5.97 Å². The van der Waals surface area contributed by atoms with Crippen LogP contribution in [0.3, 0.4) is 0 Å². The summed E-state index contributed by atoms with van der Waals surface area (Å²) in [4.78, 5) is 28.9. The van der Waals surface area contributed by atoms with E-state index in [0.717, 1.165) is 0 Å². The molecule has 158 valence electrons. The van der Waals surface area contributed by atoms with E-state index in [1.54, 1.807) is 13.8 Å². The summed E-state index contributed by atoms with van der Waals surface area (Å²) in [6.07, 6.45) is -2.20. The molecule has 0 aromatic heterocycles. The van der Waals surface area contributed by atoms with Crippen LogP contribution >= 0.6 is 0 Å². The van der Waals surface area contributed by atoms with Gasteiger partial charge in [-0.1, -0.05) is 5.16 Å². The van der Waals surface area contributed by atoms with Crippen LogP contribution in [-0.2, 0) is 38.1 Å². The minimum absolute atomic E-state index is 0.179. The lowest BCUT2D eigenvalue weighted by Gasteiger charge is -2.29. The van der Waals surface area contributed by atoms with Gasteiger partial charge in [0.2, 0.25) is 12.0 Å². The SMILES string of the molecule is COC(=O)C1CC([C@@H](NC(C)=O)[C@H]2OC(C)(C)O[C@@H]2[C@H]2COC(C)(C)O2)=NO1. The van der Waals surface area contributed by atoms with Crippen molar-refractivity contribution >= 4 is 17.6 Å². The number of esters is 1. The second-order valence-electron chi connectivity index (χ2n) is 8.01. The Hall–Kier alpha value is -1.75. The maximum atomic E-state index is 11.9. The number of amides is 1. The standard InChI is InChI=1S/C18H28N2O8/c1-9(21)19-13(10-7-11(28-20-10)16(22)23-6)15-14(26-18(4,5)27-15)12-8-24-17(2,3)25-12/h11-15H,7-8H2,1-6H3,(H,19,21)/t11?,12-,13-,14-,15-/m1/s1. The molecule has 0 saturated carbocycles. The van der Waals surface area contributed by atoms with Crippen LogP contribution in [-0.4, -0.2) is 73.3 Å². The van der Waals surface area contributed by atoms with Gasteiger partial charge in [0.15, 0.2) is 11.6 Å². The van der Waals surface area contributed by atoms with Crippen molar-refractivity contribution in [2.24, 2.45) is 5.16 Å². The first-order valence-electron chi connectivity index (χ1n) is 9.26. The number of hydrogen-bond acceptors (Lipinski definition) is 9. The maximum Gasteiger partial charge on any atom is 0.350 e. The first-order chi connectivity index (χ1) is 13.0. The molecule has 5 atom stereocenters. The van der Waals surface area contributed by atoms with Crippen molar-refractivity contribution in [2.45, 2.75) is 83.1 Å². The zero-order chi connectivity index (χ0) is 20.7. The Bertz CT molecular complexity index is 662. The topological polar surface area (TPSA) is 114 Å². The second kappa shape index (κ2) is 7.58. The van der Waals surface area contributed by atoms with Crippen LogP contribution in [0.4, 0.5) is 0 Å². The average molecular weight is 400 g/mol. The molecular weight excluding hydrogens is 372 g/mol. The first-order valence-corrected chi connectivity index (χ1v) is 9.26. The van der Waals surface area contributed by atoms with Gasteiger partial charge in [0.1, 0.15) is 18.3 Å². The molecule has 2 saturated heterocycles. The number of nitrogens with zero attached hydrogens (tertiary/aromatic N) is 1. The molecule has 3 rings (SSSR count). The highest BCUT2D eigenvalue weighted by Crippen LogP contribution is 2.37. The Balaban J connectivity index is 1.83. The van der Waals surface area contributed by atoms with Crippen LogP contribution in [0.5, 0.6) is 0 Å². The molecule has 0 aromatic rings. The van der Waals surface area contributed by atoms with Gasteiger partial charge in [0.25, 0.3) is 0 Å². The van der Waals surface area contributed by atoms with Gasteiger partial charge in [0, 0.05) is 13.3 Å². The van der Waals surface area contributed by atoms with Crippen LogP contribution in [0.2, 0.25) is 0 Å². The lowest BCUT2D eigenvalue weighted by Crippen LogP contribution is -2.54. The molecule has 0 spiro atoms. The molecule has 1 unspecified atom stereocenters. The molecule has 0 aromatic carbocycles. The molecular formula is C18H28N2O8. The van der Waals surface area contributed by atoms with E-state index in [1.807, 2.05) is 13.8 Å². The fourth-order valence-electron chi connectivity index (χ4n) is 3.65. The second-order valence-corrected chi connectivity index (χ2v) is 8.01. The van der Waals surface area contributed by atoms with Gasteiger partial charge < -0.3 is 33.8 Å². The van der Waals surface area contributed by atoms with Crippen LogP contribution < -0.4 is 5.32 Å². The van der Waals surface area contributed by atoms with Crippen LogP contribution in [0.1, 0.15) is 41.0 Å². The highest BCUT2D eigenvalue weighted by molar-refractivity contribution is 5.97. The number of ether oxygens (including phenoxy) is 5. The van der Waals surface area contributed by atoms with Gasteiger partial charge in [-0.2, -0.15) is 0 Å². The van der Waals surface area contributed by atoms with E-state index in [1.165, 1.54) is 14.0 Å². The summed E-state index contributed by atoms with van der Waals surface area (Å²) in [7, 11) is 1.28. The Labute approximate surface area is 163 Å². The molecule has 0 bridgehead atoms. The van der Waals surface area contributed by atoms with E-state index in [2.05, 4.69) is 10.5 Å². The molecule has 0 radical (unpaired) electrons. The predicted octanol–water partition coefficient (Wildman–Crippen LogP) is 0.481. The third-order valence-electron chi connectivity index (χ3n) is 4.76. The van der Waals surface area contributed by atoms with E-state index in [0.29, 0.717) is 12.3 Å². The Kier molecular flexibility index (Phi) is 5.68. The summed E-state index contributed by atoms with van der Waals surface area (Å²) in [6.45, 7) is 8.95. The van der Waals surface area contributed by atoms with Crippen molar-refractivity contribution in [3.63, 3.8) is 0 Å². The lowest BCUT2D eigenvalue weighted by molar-refractivity contribution is -0.174. The third-order valence-corrected chi connectivity index (χ3v) is 4.76. The van der Waals surface area contributed by atoms with E-state index < -0.39 is 48.0 Å². The number of oxime groups is 1. The summed E-state index contributed by atoms with van der Waals surface area (Å²) in [6, 6.07) is -0.661. The quantitative estimate of drug-likeness (QED) is 0.663. The smallest absolute Gasteiger partial charge is 0.350 e. The largest absolute Gasteiger partial charge is 0.466 e. The molecule has 1 amide bonds. The van der Waals surface area contributed by atoms with Gasteiger partial charge in [-0.05, 0) is 27.7 Å². The van der Waals surface area contributed by atoms with E-state index >= 15 is 0 Å². The molecule has 3 heterocycles. The maximum absolute atomic E-state index is 11.9. The number of rotatable bonds is 5. The predicted molar refractivity (Wildman–Crippen MR) is 95.3 cm³/mol. The minimum atomic E-state index is -0.899. The van der Waals surface area contributed by atoms with Gasteiger partial charge in [0.05, 0.1) is 25.5 Å². The van der Waals surface area contributed by atoms with Crippen LogP contribution in [0.25, 0.3) is 0 Å². The number of nitrogens with one attached hydrogen (secondary N) is 1. The van der Waals surface area contributed by atoms with Crippen molar-refractivity contribution in [1.29, 1.82) is 0 Å². The van der Waals surface area contributed by atoms with Crippen LogP contribution in [0.15, 0.2) is 5.16 Å². The van der Waals surface area contributed by atoms with Crippen molar-refractivity contribution in [3.8, 4) is 0 Å². The Morgan fingerprint density at radius 3 is 2.46 bits per heavy atom. The highest BCUT2D eigenvalue weighted by atomic mass is 16.8. The molecule has 3 aliphatic rings. The molecule has 1 N–H and O–H groups in total. The van der Waals surface area contributed by atoms with Crippen molar-refractivity contribution in [2.75, 3.05) is 13.7 Å². The number of hydrogen-bond donors (Lipinski definition) is 1. The fraction of sp³-hybridized carbons (Fsp3) is 0.833. The molecule has 3 aliphatic heterocycles. The molecule has 0 aliphatic carbocycles. The van der Waals surface area contributed by atoms with E-state index in [-0.39, 0.29) is 12.3 Å². The number of carbonyl (C=O) groups excluding carboxylic acids is 2. The van der Waals surface area contributed by atoms with Crippen molar-refractivity contribution in [1.82, 2.24) is 5.32 Å². The average Bonchev–Trinajstić information content (AvgIpc) is 3.28. The monoisotopic (exact) mass is 400 g/mol. The Morgan fingerprint density at radius 1 is 1.18 bits per heavy atom. The Morgan fingerprint density at radius 2 is 1.89 bits per heavy atom.